The second kappa shape index (κ2) is 7.08. The van der Waals surface area contributed by atoms with Crippen molar-refractivity contribution >= 4 is 5.82 Å². The van der Waals surface area contributed by atoms with Crippen LogP contribution in [0.1, 0.15) is 24.1 Å². The van der Waals surface area contributed by atoms with E-state index in [4.69, 9.17) is 4.74 Å². The first-order chi connectivity index (χ1) is 12.0. The molecule has 0 amide bonds. The lowest BCUT2D eigenvalue weighted by molar-refractivity contribution is 0.214. The van der Waals surface area contributed by atoms with Gasteiger partial charge >= 0.3 is 5.69 Å². The Morgan fingerprint density at radius 2 is 1.96 bits per heavy atom. The monoisotopic (exact) mass is 345 g/mol. The van der Waals surface area contributed by atoms with E-state index in [9.17, 15) is 9.59 Å². The van der Waals surface area contributed by atoms with Gasteiger partial charge in [0.25, 0.3) is 5.56 Å². The molecule has 8 nitrogen and oxygen atoms in total. The third-order valence-corrected chi connectivity index (χ3v) is 4.83. The number of piperidine rings is 1. The molecule has 1 aliphatic heterocycles. The van der Waals surface area contributed by atoms with E-state index < -0.39 is 0 Å². The number of aromatic nitrogens is 4. The average molecular weight is 345 g/mol. The maximum Gasteiger partial charge on any atom is 0.329 e. The lowest BCUT2D eigenvalue weighted by Crippen LogP contribution is -2.40. The van der Waals surface area contributed by atoms with Gasteiger partial charge in [-0.25, -0.2) is 14.8 Å². The molecule has 3 rings (SSSR count). The summed E-state index contributed by atoms with van der Waals surface area (Å²) in [5.74, 6) is 1.66. The molecule has 8 heteroatoms. The lowest BCUT2D eigenvalue weighted by Gasteiger charge is -2.32. The van der Waals surface area contributed by atoms with Crippen molar-refractivity contribution in [3.05, 3.63) is 44.5 Å². The first-order valence-corrected chi connectivity index (χ1v) is 8.42. The van der Waals surface area contributed by atoms with Gasteiger partial charge in [-0.2, -0.15) is 0 Å². The topological polar surface area (TPSA) is 93.1 Å². The van der Waals surface area contributed by atoms with Crippen molar-refractivity contribution in [3.8, 4) is 5.88 Å². The fourth-order valence-electron chi connectivity index (χ4n) is 2.91. The maximum atomic E-state index is 11.8. The number of H-pyrrole nitrogens is 1. The summed E-state index contributed by atoms with van der Waals surface area (Å²) in [5.41, 5.74) is 1.22. The van der Waals surface area contributed by atoms with Crippen molar-refractivity contribution in [2.24, 2.45) is 13.0 Å². The number of aromatic amines is 1. The van der Waals surface area contributed by atoms with Gasteiger partial charge in [0.1, 0.15) is 12.1 Å². The molecule has 1 fully saturated rings. The Balaban J connectivity index is 1.58. The number of ether oxygens (including phenoxy) is 1. The van der Waals surface area contributed by atoms with E-state index in [1.165, 1.54) is 19.4 Å². The minimum Gasteiger partial charge on any atom is -0.477 e. The highest BCUT2D eigenvalue weighted by atomic mass is 16.5. The molecule has 0 aromatic carbocycles. The SMILES string of the molecule is Cc1ncnc(OCC2CCN(c3cc(=O)n(C)c(=O)[nH]3)CC2)c1C. The van der Waals surface area contributed by atoms with Gasteiger partial charge < -0.3 is 9.64 Å². The Kier molecular flexibility index (Phi) is 4.87. The van der Waals surface area contributed by atoms with Crippen LogP contribution in [-0.4, -0.2) is 39.2 Å². The summed E-state index contributed by atoms with van der Waals surface area (Å²) < 4.78 is 6.94. The number of aryl methyl sites for hydroxylation is 1. The van der Waals surface area contributed by atoms with Crippen LogP contribution in [0.15, 0.2) is 22.0 Å². The van der Waals surface area contributed by atoms with Crippen LogP contribution in [0.3, 0.4) is 0 Å². The highest BCUT2D eigenvalue weighted by molar-refractivity contribution is 5.37. The molecule has 1 aliphatic rings. The van der Waals surface area contributed by atoms with Gasteiger partial charge in [0.05, 0.1) is 6.61 Å². The zero-order valence-corrected chi connectivity index (χ0v) is 14.8. The van der Waals surface area contributed by atoms with E-state index in [0.29, 0.717) is 24.2 Å². The number of nitrogens with one attached hydrogen (secondary N) is 1. The van der Waals surface area contributed by atoms with Crippen LogP contribution in [0.5, 0.6) is 5.88 Å². The van der Waals surface area contributed by atoms with Crippen molar-refractivity contribution in [3.63, 3.8) is 0 Å². The van der Waals surface area contributed by atoms with Crippen molar-refractivity contribution in [2.45, 2.75) is 26.7 Å². The third-order valence-electron chi connectivity index (χ3n) is 4.83. The molecule has 0 bridgehead atoms. The summed E-state index contributed by atoms with van der Waals surface area (Å²) in [4.78, 5) is 36.6. The summed E-state index contributed by atoms with van der Waals surface area (Å²) in [6.07, 6.45) is 3.38. The summed E-state index contributed by atoms with van der Waals surface area (Å²) in [7, 11) is 1.46. The van der Waals surface area contributed by atoms with Crippen LogP contribution in [0.25, 0.3) is 0 Å². The molecule has 134 valence electrons. The van der Waals surface area contributed by atoms with Crippen LogP contribution in [0.2, 0.25) is 0 Å². The number of hydrogen-bond acceptors (Lipinski definition) is 6. The zero-order valence-electron chi connectivity index (χ0n) is 14.8. The standard InChI is InChI=1S/C17H23N5O3/c1-11-12(2)18-10-19-16(11)25-9-13-4-6-22(7-5-13)14-8-15(23)21(3)17(24)20-14/h8,10,13H,4-7,9H2,1-3H3,(H,20,24). The van der Waals surface area contributed by atoms with Crippen LogP contribution >= 0.6 is 0 Å². The molecule has 1 saturated heterocycles. The Bertz CT molecular complexity index is 834. The maximum absolute atomic E-state index is 11.8. The van der Waals surface area contributed by atoms with Crippen LogP contribution in [-0.2, 0) is 7.05 Å². The lowest BCUT2D eigenvalue weighted by atomic mass is 9.98. The zero-order chi connectivity index (χ0) is 18.0. The van der Waals surface area contributed by atoms with Gasteiger partial charge in [-0.1, -0.05) is 0 Å². The minimum atomic E-state index is -0.387. The molecule has 0 saturated carbocycles. The molecule has 2 aromatic rings. The summed E-state index contributed by atoms with van der Waals surface area (Å²) in [6.45, 7) is 6.06. The Morgan fingerprint density at radius 1 is 1.24 bits per heavy atom. The van der Waals surface area contributed by atoms with Gasteiger partial charge in [0, 0.05) is 37.5 Å². The molecule has 1 N–H and O–H groups in total. The summed E-state index contributed by atoms with van der Waals surface area (Å²) >= 11 is 0. The van der Waals surface area contributed by atoms with Gasteiger partial charge in [-0.15, -0.1) is 0 Å². The smallest absolute Gasteiger partial charge is 0.329 e. The number of nitrogens with zero attached hydrogens (tertiary/aromatic N) is 4. The normalized spacial score (nSPS) is 15.4. The minimum absolute atomic E-state index is 0.293. The largest absolute Gasteiger partial charge is 0.477 e. The van der Waals surface area contributed by atoms with Gasteiger partial charge in [0.15, 0.2) is 0 Å². The molecule has 3 heterocycles. The van der Waals surface area contributed by atoms with Crippen molar-refractivity contribution in [1.82, 2.24) is 19.5 Å². The molecular weight excluding hydrogens is 322 g/mol. The van der Waals surface area contributed by atoms with E-state index in [1.807, 2.05) is 18.7 Å². The van der Waals surface area contributed by atoms with Crippen LogP contribution < -0.4 is 20.9 Å². The van der Waals surface area contributed by atoms with Gasteiger partial charge in [-0.3, -0.25) is 14.3 Å². The highest BCUT2D eigenvalue weighted by Gasteiger charge is 2.21. The quantitative estimate of drug-likeness (QED) is 0.880. The molecule has 2 aromatic heterocycles. The van der Waals surface area contributed by atoms with E-state index >= 15 is 0 Å². The highest BCUT2D eigenvalue weighted by Crippen LogP contribution is 2.22. The number of anilines is 1. The second-order valence-electron chi connectivity index (χ2n) is 6.49. The molecule has 0 aliphatic carbocycles. The fraction of sp³-hybridized carbons (Fsp3) is 0.529. The van der Waals surface area contributed by atoms with Gasteiger partial charge in [-0.05, 0) is 32.6 Å². The summed E-state index contributed by atoms with van der Waals surface area (Å²) in [6, 6.07) is 1.48. The molecule has 0 radical (unpaired) electrons. The van der Waals surface area contributed by atoms with Crippen LogP contribution in [0.4, 0.5) is 5.82 Å². The van der Waals surface area contributed by atoms with Crippen molar-refractivity contribution in [2.75, 3.05) is 24.6 Å². The predicted molar refractivity (Wildman–Crippen MR) is 94.2 cm³/mol. The number of hydrogen-bond donors (Lipinski definition) is 1. The fourth-order valence-corrected chi connectivity index (χ4v) is 2.91. The molecule has 0 spiro atoms. The van der Waals surface area contributed by atoms with Crippen molar-refractivity contribution < 1.29 is 4.74 Å². The van der Waals surface area contributed by atoms with Crippen molar-refractivity contribution in [1.29, 1.82) is 0 Å². The first-order valence-electron chi connectivity index (χ1n) is 8.42. The summed E-state index contributed by atoms with van der Waals surface area (Å²) in [5, 5.41) is 0. The Labute approximate surface area is 145 Å². The average Bonchev–Trinajstić information content (AvgIpc) is 2.61. The van der Waals surface area contributed by atoms with E-state index in [-0.39, 0.29) is 11.2 Å². The van der Waals surface area contributed by atoms with E-state index in [2.05, 4.69) is 15.0 Å². The molecule has 0 atom stereocenters. The van der Waals surface area contributed by atoms with E-state index in [0.717, 1.165) is 41.8 Å². The molecular formula is C17H23N5O3. The van der Waals surface area contributed by atoms with E-state index in [1.54, 1.807) is 0 Å². The number of rotatable bonds is 4. The van der Waals surface area contributed by atoms with Gasteiger partial charge in [0.2, 0.25) is 5.88 Å². The Morgan fingerprint density at radius 3 is 2.64 bits per heavy atom. The first kappa shape index (κ1) is 17.2. The third kappa shape index (κ3) is 3.72. The molecule has 0 unspecified atom stereocenters. The second-order valence-corrected chi connectivity index (χ2v) is 6.49. The molecule has 25 heavy (non-hydrogen) atoms. The Hall–Kier alpha value is -2.64. The van der Waals surface area contributed by atoms with Crippen LogP contribution in [0, 0.1) is 19.8 Å². The predicted octanol–water partition coefficient (Wildman–Crippen LogP) is 0.776.